The summed E-state index contributed by atoms with van der Waals surface area (Å²) in [6.45, 7) is 1.50. The van der Waals surface area contributed by atoms with Crippen molar-refractivity contribution in [1.29, 1.82) is 0 Å². The molecule has 4 rings (SSSR count). The lowest BCUT2D eigenvalue weighted by Crippen LogP contribution is -2.24. The number of carbonyl (C=O) groups is 1. The van der Waals surface area contributed by atoms with Gasteiger partial charge in [-0.25, -0.2) is 13.4 Å². The standard InChI is InChI=1S/C23H19Br2N3O3S/c1-15(29)28-22(17-5-3-2-4-6-17)14-21(26-28)16-7-10-19(11-8-16)27-32(30,31)23-13-18(24)9-12-20(23)25/h2-13,22,27H,14H2,1H3. The lowest BCUT2D eigenvalue weighted by atomic mass is 9.98. The first kappa shape index (κ1) is 22.7. The quantitative estimate of drug-likeness (QED) is 0.422. The number of carbonyl (C=O) groups excluding carboxylic acids is 1. The number of nitrogens with zero attached hydrogens (tertiary/aromatic N) is 2. The van der Waals surface area contributed by atoms with Crippen molar-refractivity contribution < 1.29 is 13.2 Å². The van der Waals surface area contributed by atoms with Gasteiger partial charge >= 0.3 is 0 Å². The minimum atomic E-state index is -3.77. The van der Waals surface area contributed by atoms with Crippen LogP contribution in [0.4, 0.5) is 5.69 Å². The Hall–Kier alpha value is -2.49. The normalized spacial score (nSPS) is 16.0. The molecule has 32 heavy (non-hydrogen) atoms. The van der Waals surface area contributed by atoms with Crippen molar-refractivity contribution >= 4 is 59.2 Å². The van der Waals surface area contributed by atoms with Gasteiger partial charge in [0.25, 0.3) is 10.0 Å². The first-order valence-corrected chi connectivity index (χ1v) is 12.8. The number of amides is 1. The summed E-state index contributed by atoms with van der Waals surface area (Å²) in [7, 11) is -3.77. The molecule has 0 saturated heterocycles. The van der Waals surface area contributed by atoms with Gasteiger partial charge in [0.05, 0.1) is 11.8 Å². The van der Waals surface area contributed by atoms with Crippen molar-refractivity contribution in [1.82, 2.24) is 5.01 Å². The highest BCUT2D eigenvalue weighted by Gasteiger charge is 2.31. The summed E-state index contributed by atoms with van der Waals surface area (Å²) in [4.78, 5) is 12.3. The van der Waals surface area contributed by atoms with Crippen LogP contribution >= 0.6 is 31.9 Å². The van der Waals surface area contributed by atoms with Gasteiger partial charge in [0.15, 0.2) is 0 Å². The van der Waals surface area contributed by atoms with E-state index >= 15 is 0 Å². The lowest BCUT2D eigenvalue weighted by Gasteiger charge is -2.20. The van der Waals surface area contributed by atoms with E-state index < -0.39 is 10.0 Å². The molecule has 1 aliphatic heterocycles. The fraction of sp³-hybridized carbons (Fsp3) is 0.130. The average molecular weight is 577 g/mol. The van der Waals surface area contributed by atoms with E-state index in [1.807, 2.05) is 30.3 Å². The number of hydrogen-bond acceptors (Lipinski definition) is 4. The van der Waals surface area contributed by atoms with Crippen LogP contribution in [0.3, 0.4) is 0 Å². The predicted molar refractivity (Wildman–Crippen MR) is 132 cm³/mol. The van der Waals surface area contributed by atoms with E-state index in [0.29, 0.717) is 21.1 Å². The Morgan fingerprint density at radius 3 is 2.38 bits per heavy atom. The first-order valence-electron chi connectivity index (χ1n) is 9.75. The molecular weight excluding hydrogens is 558 g/mol. The van der Waals surface area contributed by atoms with E-state index in [0.717, 1.165) is 16.8 Å². The van der Waals surface area contributed by atoms with E-state index in [9.17, 15) is 13.2 Å². The Balaban J connectivity index is 1.55. The molecule has 1 amide bonds. The van der Waals surface area contributed by atoms with Crippen LogP contribution < -0.4 is 4.72 Å². The zero-order chi connectivity index (χ0) is 22.9. The highest BCUT2D eigenvalue weighted by Crippen LogP contribution is 2.33. The van der Waals surface area contributed by atoms with Crippen molar-refractivity contribution in [2.24, 2.45) is 5.10 Å². The van der Waals surface area contributed by atoms with Gasteiger partial charge in [0, 0.05) is 28.0 Å². The van der Waals surface area contributed by atoms with Crippen LogP contribution in [0.2, 0.25) is 0 Å². The minimum absolute atomic E-state index is 0.127. The topological polar surface area (TPSA) is 78.8 Å². The van der Waals surface area contributed by atoms with Crippen molar-refractivity contribution in [2.45, 2.75) is 24.3 Å². The van der Waals surface area contributed by atoms with E-state index in [1.165, 1.54) is 18.0 Å². The molecule has 0 bridgehead atoms. The Bertz CT molecular complexity index is 1290. The van der Waals surface area contributed by atoms with E-state index in [-0.39, 0.29) is 16.8 Å². The molecule has 0 fully saturated rings. The average Bonchev–Trinajstić information content (AvgIpc) is 3.22. The maximum Gasteiger partial charge on any atom is 0.263 e. The third kappa shape index (κ3) is 4.79. The highest BCUT2D eigenvalue weighted by atomic mass is 79.9. The maximum absolute atomic E-state index is 12.8. The van der Waals surface area contributed by atoms with Gasteiger partial charge in [-0.3, -0.25) is 9.52 Å². The maximum atomic E-state index is 12.8. The number of rotatable bonds is 5. The number of hydrazone groups is 1. The first-order chi connectivity index (χ1) is 15.2. The van der Waals surface area contributed by atoms with Gasteiger partial charge in [-0.05, 0) is 57.4 Å². The van der Waals surface area contributed by atoms with Crippen molar-refractivity contribution in [2.75, 3.05) is 4.72 Å². The van der Waals surface area contributed by atoms with Gasteiger partial charge < -0.3 is 0 Å². The summed E-state index contributed by atoms with van der Waals surface area (Å²) in [6.07, 6.45) is 0.583. The molecule has 0 spiro atoms. The van der Waals surface area contributed by atoms with Crippen LogP contribution in [0.15, 0.2) is 91.7 Å². The summed E-state index contributed by atoms with van der Waals surface area (Å²) >= 11 is 6.59. The summed E-state index contributed by atoms with van der Waals surface area (Å²) in [5.41, 5.74) is 3.06. The number of benzene rings is 3. The SMILES string of the molecule is CC(=O)N1N=C(c2ccc(NS(=O)(=O)c3cc(Br)ccc3Br)cc2)CC1c1ccccc1. The van der Waals surface area contributed by atoms with Crippen LogP contribution in [0.1, 0.15) is 30.5 Å². The van der Waals surface area contributed by atoms with Crippen molar-refractivity contribution in [3.05, 3.63) is 92.9 Å². The van der Waals surface area contributed by atoms with Crippen LogP contribution in [0.25, 0.3) is 0 Å². The molecule has 0 saturated carbocycles. The molecule has 1 heterocycles. The lowest BCUT2D eigenvalue weighted by molar-refractivity contribution is -0.130. The summed E-state index contributed by atoms with van der Waals surface area (Å²) in [5.74, 6) is -0.127. The molecule has 6 nitrogen and oxygen atoms in total. The van der Waals surface area contributed by atoms with Gasteiger partial charge in [-0.1, -0.05) is 58.4 Å². The fourth-order valence-corrected chi connectivity index (χ4v) is 6.10. The van der Waals surface area contributed by atoms with E-state index in [1.54, 1.807) is 36.4 Å². The zero-order valence-electron chi connectivity index (χ0n) is 17.0. The third-order valence-electron chi connectivity index (χ3n) is 5.07. The number of halogens is 2. The Labute approximate surface area is 203 Å². The predicted octanol–water partition coefficient (Wildman–Crippen LogP) is 5.71. The summed E-state index contributed by atoms with van der Waals surface area (Å²) in [5, 5.41) is 6.05. The molecular formula is C23H19Br2N3O3S. The molecule has 1 aliphatic rings. The number of sulfonamides is 1. The number of nitrogens with one attached hydrogen (secondary N) is 1. The molecule has 1 unspecified atom stereocenters. The second kappa shape index (κ2) is 9.17. The fourth-order valence-electron chi connectivity index (χ4n) is 3.53. The third-order valence-corrected chi connectivity index (χ3v) is 7.94. The summed E-state index contributed by atoms with van der Waals surface area (Å²) in [6, 6.07) is 21.6. The zero-order valence-corrected chi connectivity index (χ0v) is 21.0. The highest BCUT2D eigenvalue weighted by molar-refractivity contribution is 9.11. The molecule has 0 radical (unpaired) electrons. The molecule has 1 atom stereocenters. The molecule has 1 N–H and O–H groups in total. The van der Waals surface area contributed by atoms with E-state index in [2.05, 4.69) is 41.7 Å². The second-order valence-electron chi connectivity index (χ2n) is 7.30. The monoisotopic (exact) mass is 575 g/mol. The van der Waals surface area contributed by atoms with Crippen LogP contribution in [0, 0.1) is 0 Å². The molecule has 3 aromatic rings. The van der Waals surface area contributed by atoms with Gasteiger partial charge in [-0.2, -0.15) is 5.10 Å². The Morgan fingerprint density at radius 1 is 1.03 bits per heavy atom. The largest absolute Gasteiger partial charge is 0.280 e. The van der Waals surface area contributed by atoms with Crippen LogP contribution in [0.5, 0.6) is 0 Å². The van der Waals surface area contributed by atoms with Crippen LogP contribution in [-0.2, 0) is 14.8 Å². The molecule has 164 valence electrons. The Morgan fingerprint density at radius 2 is 1.72 bits per heavy atom. The Kier molecular flexibility index (Phi) is 6.50. The van der Waals surface area contributed by atoms with Crippen LogP contribution in [-0.4, -0.2) is 25.0 Å². The summed E-state index contributed by atoms with van der Waals surface area (Å²) < 4.78 is 29.3. The molecule has 3 aromatic carbocycles. The molecule has 9 heteroatoms. The number of anilines is 1. The second-order valence-corrected chi connectivity index (χ2v) is 10.7. The van der Waals surface area contributed by atoms with Crippen molar-refractivity contribution in [3.63, 3.8) is 0 Å². The molecule has 0 aliphatic carbocycles. The molecule has 0 aromatic heterocycles. The van der Waals surface area contributed by atoms with Gasteiger partial charge in [0.2, 0.25) is 5.91 Å². The van der Waals surface area contributed by atoms with E-state index in [4.69, 9.17) is 0 Å². The van der Waals surface area contributed by atoms with Gasteiger partial charge in [-0.15, -0.1) is 0 Å². The minimum Gasteiger partial charge on any atom is -0.280 e. The van der Waals surface area contributed by atoms with Gasteiger partial charge in [0.1, 0.15) is 4.90 Å². The van der Waals surface area contributed by atoms with Crippen molar-refractivity contribution in [3.8, 4) is 0 Å². The number of hydrogen-bond donors (Lipinski definition) is 1. The smallest absolute Gasteiger partial charge is 0.263 e.